The number of alkyl halides is 3. The quantitative estimate of drug-likeness (QED) is 0.693. The Labute approximate surface area is 165 Å². The van der Waals surface area contributed by atoms with Crippen molar-refractivity contribution in [1.29, 1.82) is 5.26 Å². The molecule has 3 aromatic rings. The van der Waals surface area contributed by atoms with Crippen molar-refractivity contribution < 1.29 is 18.0 Å². The number of halogens is 3. The van der Waals surface area contributed by atoms with Gasteiger partial charge in [0.2, 0.25) is 0 Å². The van der Waals surface area contributed by atoms with Crippen LogP contribution in [0, 0.1) is 25.2 Å². The summed E-state index contributed by atoms with van der Waals surface area (Å²) in [6.45, 7) is 3.57. The highest BCUT2D eigenvalue weighted by molar-refractivity contribution is 6.05. The zero-order valence-electron chi connectivity index (χ0n) is 15.7. The zero-order valence-corrected chi connectivity index (χ0v) is 15.7. The summed E-state index contributed by atoms with van der Waals surface area (Å²) in [5, 5.41) is 16.1. The van der Waals surface area contributed by atoms with E-state index in [4.69, 9.17) is 5.26 Å². The summed E-state index contributed by atoms with van der Waals surface area (Å²) in [7, 11) is 0. The van der Waals surface area contributed by atoms with Crippen LogP contribution >= 0.6 is 0 Å². The molecule has 0 radical (unpaired) electrons. The largest absolute Gasteiger partial charge is 0.416 e. The van der Waals surface area contributed by atoms with E-state index in [-0.39, 0.29) is 6.54 Å². The van der Waals surface area contributed by atoms with Crippen LogP contribution in [0.3, 0.4) is 0 Å². The molecule has 2 aromatic carbocycles. The Morgan fingerprint density at radius 1 is 1.17 bits per heavy atom. The van der Waals surface area contributed by atoms with Gasteiger partial charge in [-0.15, -0.1) is 0 Å². The Balaban J connectivity index is 1.84. The first-order valence-corrected chi connectivity index (χ1v) is 8.70. The van der Waals surface area contributed by atoms with E-state index < -0.39 is 17.6 Å². The molecular weight excluding hydrogens is 381 g/mol. The number of rotatable bonds is 4. The van der Waals surface area contributed by atoms with Crippen LogP contribution in [-0.2, 0) is 12.7 Å². The highest BCUT2D eigenvalue weighted by Crippen LogP contribution is 2.30. The van der Waals surface area contributed by atoms with Gasteiger partial charge in [0.05, 0.1) is 40.8 Å². The predicted molar refractivity (Wildman–Crippen MR) is 101 cm³/mol. The number of aryl methyl sites for hydroxylation is 1. The summed E-state index contributed by atoms with van der Waals surface area (Å²) >= 11 is 0. The first-order valence-electron chi connectivity index (χ1n) is 8.70. The van der Waals surface area contributed by atoms with Crippen LogP contribution in [0.5, 0.6) is 0 Å². The summed E-state index contributed by atoms with van der Waals surface area (Å²) in [5.74, 6) is -0.396. The number of nitrogens with zero attached hydrogens (tertiary/aromatic N) is 3. The summed E-state index contributed by atoms with van der Waals surface area (Å²) in [4.78, 5) is 12.5. The topological polar surface area (TPSA) is 70.7 Å². The number of aromatic nitrogens is 2. The smallest absolute Gasteiger partial charge is 0.319 e. The van der Waals surface area contributed by atoms with Crippen LogP contribution in [0.4, 0.5) is 18.9 Å². The van der Waals surface area contributed by atoms with E-state index >= 15 is 0 Å². The molecule has 0 atom stereocenters. The average molecular weight is 398 g/mol. The minimum Gasteiger partial charge on any atom is -0.319 e. The summed E-state index contributed by atoms with van der Waals surface area (Å²) < 4.78 is 40.3. The third-order valence-electron chi connectivity index (χ3n) is 4.46. The van der Waals surface area contributed by atoms with E-state index in [1.807, 2.05) is 6.07 Å². The lowest BCUT2D eigenvalue weighted by Crippen LogP contribution is -2.13. The zero-order chi connectivity index (χ0) is 21.2. The van der Waals surface area contributed by atoms with E-state index in [1.54, 1.807) is 42.8 Å². The van der Waals surface area contributed by atoms with Crippen LogP contribution in [-0.4, -0.2) is 15.7 Å². The monoisotopic (exact) mass is 398 g/mol. The first kappa shape index (κ1) is 20.1. The van der Waals surface area contributed by atoms with E-state index in [0.717, 1.165) is 12.1 Å². The number of hydrogen-bond acceptors (Lipinski definition) is 3. The molecule has 1 aromatic heterocycles. The maximum Gasteiger partial charge on any atom is 0.416 e. The van der Waals surface area contributed by atoms with Gasteiger partial charge in [0.25, 0.3) is 5.91 Å². The van der Waals surface area contributed by atoms with E-state index in [1.165, 1.54) is 12.1 Å². The Morgan fingerprint density at radius 3 is 2.59 bits per heavy atom. The highest BCUT2D eigenvalue weighted by Gasteiger charge is 2.30. The van der Waals surface area contributed by atoms with E-state index in [0.29, 0.717) is 33.8 Å². The maximum absolute atomic E-state index is 12.9. The highest BCUT2D eigenvalue weighted by atomic mass is 19.4. The van der Waals surface area contributed by atoms with Crippen molar-refractivity contribution in [2.45, 2.75) is 26.6 Å². The standard InChI is InChI=1S/C21H17F3N4O/c1-13-19(26-20(29)17-7-3-5-15(9-17)11-25)14(2)28(27-13)12-16-6-4-8-18(10-16)21(22,23)24/h3-10H,12H2,1-2H3,(H,26,29). The minimum atomic E-state index is -4.41. The van der Waals surface area contributed by atoms with Crippen molar-refractivity contribution in [3.8, 4) is 6.07 Å². The second-order valence-electron chi connectivity index (χ2n) is 6.55. The van der Waals surface area contributed by atoms with Crippen LogP contribution < -0.4 is 5.32 Å². The van der Waals surface area contributed by atoms with Crippen LogP contribution in [0.1, 0.15) is 38.4 Å². The normalized spacial score (nSPS) is 11.2. The van der Waals surface area contributed by atoms with Gasteiger partial charge in [-0.2, -0.15) is 23.5 Å². The average Bonchev–Trinajstić information content (AvgIpc) is 2.95. The van der Waals surface area contributed by atoms with Gasteiger partial charge < -0.3 is 5.32 Å². The molecule has 29 heavy (non-hydrogen) atoms. The van der Waals surface area contributed by atoms with Crippen molar-refractivity contribution in [2.24, 2.45) is 0 Å². The molecule has 0 aliphatic carbocycles. The molecule has 1 heterocycles. The Kier molecular flexibility index (Phi) is 5.41. The van der Waals surface area contributed by atoms with Gasteiger partial charge in [-0.05, 0) is 49.7 Å². The number of anilines is 1. The molecular formula is C21H17F3N4O. The van der Waals surface area contributed by atoms with Crippen molar-refractivity contribution in [2.75, 3.05) is 5.32 Å². The molecule has 3 rings (SSSR count). The number of nitriles is 1. The second kappa shape index (κ2) is 7.80. The van der Waals surface area contributed by atoms with E-state index in [9.17, 15) is 18.0 Å². The minimum absolute atomic E-state index is 0.135. The fourth-order valence-corrected chi connectivity index (χ4v) is 2.97. The number of nitrogens with one attached hydrogen (secondary N) is 1. The lowest BCUT2D eigenvalue weighted by atomic mass is 10.1. The van der Waals surface area contributed by atoms with E-state index in [2.05, 4.69) is 10.4 Å². The molecule has 0 saturated carbocycles. The molecule has 5 nitrogen and oxygen atoms in total. The molecule has 0 aliphatic heterocycles. The predicted octanol–water partition coefficient (Wildman–Crippen LogP) is 4.69. The fourth-order valence-electron chi connectivity index (χ4n) is 2.97. The number of benzene rings is 2. The van der Waals surface area contributed by atoms with Gasteiger partial charge in [-0.3, -0.25) is 9.48 Å². The number of hydrogen-bond donors (Lipinski definition) is 1. The molecule has 8 heteroatoms. The van der Waals surface area contributed by atoms with Crippen molar-refractivity contribution >= 4 is 11.6 Å². The lowest BCUT2D eigenvalue weighted by Gasteiger charge is -2.10. The van der Waals surface area contributed by atoms with Gasteiger partial charge in [0.1, 0.15) is 0 Å². The molecule has 148 valence electrons. The van der Waals surface area contributed by atoms with Crippen LogP contribution in [0.15, 0.2) is 48.5 Å². The van der Waals surface area contributed by atoms with Crippen molar-refractivity contribution in [3.05, 3.63) is 82.2 Å². The van der Waals surface area contributed by atoms with Crippen molar-refractivity contribution in [1.82, 2.24) is 9.78 Å². The number of amides is 1. The lowest BCUT2D eigenvalue weighted by molar-refractivity contribution is -0.137. The molecule has 0 saturated heterocycles. The Morgan fingerprint density at radius 2 is 1.90 bits per heavy atom. The molecule has 0 fully saturated rings. The molecule has 1 N–H and O–H groups in total. The van der Waals surface area contributed by atoms with Crippen LogP contribution in [0.2, 0.25) is 0 Å². The van der Waals surface area contributed by atoms with Gasteiger partial charge in [0, 0.05) is 5.56 Å². The Hall–Kier alpha value is -3.60. The summed E-state index contributed by atoms with van der Waals surface area (Å²) in [5.41, 5.74) is 2.07. The van der Waals surface area contributed by atoms with Crippen molar-refractivity contribution in [3.63, 3.8) is 0 Å². The molecule has 0 aliphatic rings. The number of carbonyl (C=O) groups excluding carboxylic acids is 1. The summed E-state index contributed by atoms with van der Waals surface area (Å²) in [6, 6.07) is 13.3. The number of carbonyl (C=O) groups is 1. The first-order chi connectivity index (χ1) is 13.7. The fraction of sp³-hybridized carbons (Fsp3) is 0.190. The van der Waals surface area contributed by atoms with Crippen LogP contribution in [0.25, 0.3) is 0 Å². The third kappa shape index (κ3) is 4.46. The molecule has 0 bridgehead atoms. The second-order valence-corrected chi connectivity index (χ2v) is 6.55. The van der Waals surface area contributed by atoms with Gasteiger partial charge in [-0.1, -0.05) is 18.2 Å². The Bertz CT molecular complexity index is 1110. The van der Waals surface area contributed by atoms with Gasteiger partial charge in [-0.25, -0.2) is 0 Å². The molecule has 0 spiro atoms. The van der Waals surface area contributed by atoms with Gasteiger partial charge in [0.15, 0.2) is 0 Å². The maximum atomic E-state index is 12.9. The molecule has 0 unspecified atom stereocenters. The van der Waals surface area contributed by atoms with Gasteiger partial charge >= 0.3 is 6.18 Å². The molecule has 1 amide bonds. The third-order valence-corrected chi connectivity index (χ3v) is 4.46. The SMILES string of the molecule is Cc1nn(Cc2cccc(C(F)(F)F)c2)c(C)c1NC(=O)c1cccc(C#N)c1. The summed E-state index contributed by atoms with van der Waals surface area (Å²) in [6.07, 6.45) is -4.41.